The Morgan fingerprint density at radius 1 is 0.410 bits per heavy atom. The molecule has 0 rings (SSSR count). The Morgan fingerprint density at radius 3 is 0.846 bits per heavy atom. The molecule has 0 heterocycles. The largest absolute Gasteiger partial charge is 0.458 e. The van der Waals surface area contributed by atoms with Crippen molar-refractivity contribution in [3.05, 3.63) is 75.9 Å². The Morgan fingerprint density at radius 2 is 0.641 bits per heavy atom. The van der Waals surface area contributed by atoms with Crippen LogP contribution in [0.3, 0.4) is 0 Å². The maximum atomic E-state index is 12.1. The Hall–Kier alpha value is -4.78. The molecule has 0 N–H and O–H groups in total. The van der Waals surface area contributed by atoms with Gasteiger partial charge in [-0.1, -0.05) is 39.5 Å². The van der Waals surface area contributed by atoms with E-state index in [1.54, 1.807) is 0 Å². The first kappa shape index (κ1) is 34.2. The molecule has 13 nitrogen and oxygen atoms in total. The highest BCUT2D eigenvalue weighted by atomic mass is 16.6. The second-order valence-electron chi connectivity index (χ2n) is 7.36. The Kier molecular flexibility index (Phi) is 15.5. The summed E-state index contributed by atoms with van der Waals surface area (Å²) in [6.07, 6.45) is 4.91. The van der Waals surface area contributed by atoms with E-state index in [9.17, 15) is 28.8 Å². The summed E-state index contributed by atoms with van der Waals surface area (Å²) in [6.45, 7) is 15.5. The molecule has 0 aliphatic rings. The lowest BCUT2D eigenvalue weighted by molar-refractivity contribution is -0.204. The average Bonchev–Trinajstić information content (AvgIpc) is 2.95. The highest BCUT2D eigenvalue weighted by Gasteiger charge is 2.42. The average molecular weight is 551 g/mol. The number of carbonyl (C=O) groups excluding carboxylic acids is 6. The zero-order valence-electron chi connectivity index (χ0n) is 21.3. The van der Waals surface area contributed by atoms with E-state index < -0.39 is 86.7 Å². The van der Waals surface area contributed by atoms with Gasteiger partial charge in [0.1, 0.15) is 26.4 Å². The van der Waals surface area contributed by atoms with Crippen LogP contribution in [0.4, 0.5) is 0 Å². The van der Waals surface area contributed by atoms with Crippen LogP contribution in [0.1, 0.15) is 0 Å². The quantitative estimate of drug-likeness (QED) is 0.119. The minimum Gasteiger partial charge on any atom is -0.458 e. The molecule has 0 aromatic carbocycles. The van der Waals surface area contributed by atoms with Gasteiger partial charge in [-0.15, -0.1) is 0 Å². The molecule has 0 saturated heterocycles. The topological polar surface area (TPSA) is 167 Å². The van der Waals surface area contributed by atoms with Crippen LogP contribution in [0.5, 0.6) is 0 Å². The van der Waals surface area contributed by atoms with Crippen LogP contribution < -0.4 is 0 Å². The molecule has 0 aliphatic carbocycles. The van der Waals surface area contributed by atoms with Crippen LogP contribution >= 0.6 is 0 Å². The second-order valence-corrected chi connectivity index (χ2v) is 7.36. The van der Waals surface area contributed by atoms with Crippen molar-refractivity contribution in [2.45, 2.75) is 11.2 Å². The minimum atomic E-state index is -1.97. The van der Waals surface area contributed by atoms with E-state index in [0.717, 1.165) is 36.5 Å². The van der Waals surface area contributed by atoms with Gasteiger partial charge in [-0.2, -0.15) is 0 Å². The predicted molar refractivity (Wildman–Crippen MR) is 133 cm³/mol. The van der Waals surface area contributed by atoms with E-state index >= 15 is 0 Å². The molecule has 0 aliphatic heterocycles. The van der Waals surface area contributed by atoms with E-state index in [-0.39, 0.29) is 0 Å². The smallest absolute Gasteiger partial charge is 0.331 e. The fourth-order valence-electron chi connectivity index (χ4n) is 2.41. The summed E-state index contributed by atoms with van der Waals surface area (Å²) in [5.74, 6) is -5.66. The van der Waals surface area contributed by atoms with Gasteiger partial charge in [0.25, 0.3) is 0 Å². The molecule has 0 aromatic heterocycles. The molecule has 0 fully saturated rings. The SMILES string of the molecule is C=CC(=O)OCC(COCC(COC(=O)C=C)(COC(=O)C=C)OC(=O)C=C)(COC(=O)C=C)OC(=O)C=C. The van der Waals surface area contributed by atoms with Gasteiger partial charge in [-0.25, -0.2) is 28.8 Å². The van der Waals surface area contributed by atoms with E-state index in [4.69, 9.17) is 33.2 Å². The van der Waals surface area contributed by atoms with Crippen LogP contribution in [0, 0.1) is 0 Å². The van der Waals surface area contributed by atoms with Crippen molar-refractivity contribution in [2.75, 3.05) is 39.6 Å². The molecule has 0 radical (unpaired) electrons. The van der Waals surface area contributed by atoms with Crippen LogP contribution in [0.25, 0.3) is 0 Å². The number of ether oxygens (including phenoxy) is 7. The molecule has 0 unspecified atom stereocenters. The molecule has 0 aromatic rings. The van der Waals surface area contributed by atoms with Crippen LogP contribution in [-0.2, 0) is 61.9 Å². The third-order valence-electron chi connectivity index (χ3n) is 4.27. The van der Waals surface area contributed by atoms with Crippen molar-refractivity contribution >= 4 is 35.8 Å². The van der Waals surface area contributed by atoms with E-state index in [1.807, 2.05) is 0 Å². The van der Waals surface area contributed by atoms with E-state index in [1.165, 1.54) is 0 Å². The number of hydrogen-bond acceptors (Lipinski definition) is 13. The summed E-state index contributed by atoms with van der Waals surface area (Å²) in [4.78, 5) is 71.0. The summed E-state index contributed by atoms with van der Waals surface area (Å²) in [6, 6.07) is 0. The second kappa shape index (κ2) is 17.6. The molecular formula is C26H30O13. The third-order valence-corrected chi connectivity index (χ3v) is 4.27. The summed E-state index contributed by atoms with van der Waals surface area (Å²) in [5.41, 5.74) is -3.93. The van der Waals surface area contributed by atoms with Gasteiger partial charge in [-0.3, -0.25) is 0 Å². The lowest BCUT2D eigenvalue weighted by atomic mass is 10.1. The maximum absolute atomic E-state index is 12.1. The Balaban J connectivity index is 6.28. The predicted octanol–water partition coefficient (Wildman–Crippen LogP) is 0.856. The fourth-order valence-corrected chi connectivity index (χ4v) is 2.41. The molecule has 0 spiro atoms. The molecular weight excluding hydrogens is 520 g/mol. The number of hydrogen-bond donors (Lipinski definition) is 0. The van der Waals surface area contributed by atoms with Crippen molar-refractivity contribution in [3.8, 4) is 0 Å². The van der Waals surface area contributed by atoms with Gasteiger partial charge >= 0.3 is 35.8 Å². The Bertz CT molecular complexity index is 866. The summed E-state index contributed by atoms with van der Waals surface area (Å²) in [7, 11) is 0. The molecule has 0 saturated carbocycles. The lowest BCUT2D eigenvalue weighted by Crippen LogP contribution is -2.53. The van der Waals surface area contributed by atoms with Gasteiger partial charge < -0.3 is 33.2 Å². The van der Waals surface area contributed by atoms with Crippen molar-refractivity contribution in [1.29, 1.82) is 0 Å². The van der Waals surface area contributed by atoms with E-state index in [0.29, 0.717) is 0 Å². The zero-order valence-corrected chi connectivity index (χ0v) is 21.3. The van der Waals surface area contributed by atoms with Crippen LogP contribution in [-0.4, -0.2) is 86.7 Å². The normalized spacial score (nSPS) is 10.5. The molecule has 0 atom stereocenters. The van der Waals surface area contributed by atoms with Crippen LogP contribution in [0.15, 0.2) is 75.9 Å². The molecule has 39 heavy (non-hydrogen) atoms. The van der Waals surface area contributed by atoms with Gasteiger partial charge in [0.05, 0.1) is 13.2 Å². The molecule has 0 bridgehead atoms. The van der Waals surface area contributed by atoms with Crippen molar-refractivity contribution < 1.29 is 61.9 Å². The number of esters is 6. The third kappa shape index (κ3) is 13.4. The van der Waals surface area contributed by atoms with Gasteiger partial charge in [0.2, 0.25) is 11.2 Å². The monoisotopic (exact) mass is 550 g/mol. The van der Waals surface area contributed by atoms with Crippen LogP contribution in [0.2, 0.25) is 0 Å². The first-order chi connectivity index (χ1) is 18.4. The zero-order chi connectivity index (χ0) is 29.9. The molecule has 13 heteroatoms. The maximum Gasteiger partial charge on any atom is 0.331 e. The molecule has 212 valence electrons. The van der Waals surface area contributed by atoms with Crippen molar-refractivity contribution in [2.24, 2.45) is 0 Å². The Labute approximate surface area is 224 Å². The van der Waals surface area contributed by atoms with E-state index in [2.05, 4.69) is 39.5 Å². The van der Waals surface area contributed by atoms with Gasteiger partial charge in [0.15, 0.2) is 0 Å². The lowest BCUT2D eigenvalue weighted by Gasteiger charge is -2.35. The highest BCUT2D eigenvalue weighted by Crippen LogP contribution is 2.20. The first-order valence-corrected chi connectivity index (χ1v) is 10.9. The van der Waals surface area contributed by atoms with Crippen molar-refractivity contribution in [1.82, 2.24) is 0 Å². The standard InChI is InChI=1S/C26H30O13/c1-7-19(27)34-15-25(38-23(31)11-5,16-35-20(28)8-2)13-33-14-26(39-24(32)12-6,17-36-21(29)9-3)18-37-22(30)10-4/h7-12H,1-6,13-18H2. The summed E-state index contributed by atoms with van der Waals surface area (Å²) < 4.78 is 36.2. The van der Waals surface area contributed by atoms with Gasteiger partial charge in [-0.05, 0) is 0 Å². The summed E-state index contributed by atoms with van der Waals surface area (Å²) >= 11 is 0. The number of carbonyl (C=O) groups is 6. The minimum absolute atomic E-state index is 0.667. The van der Waals surface area contributed by atoms with Gasteiger partial charge in [0, 0.05) is 36.5 Å². The number of rotatable bonds is 20. The molecule has 0 amide bonds. The van der Waals surface area contributed by atoms with Crippen molar-refractivity contribution in [3.63, 3.8) is 0 Å². The highest BCUT2D eigenvalue weighted by molar-refractivity contribution is 5.84. The first-order valence-electron chi connectivity index (χ1n) is 10.9. The fraction of sp³-hybridized carbons (Fsp3) is 0.308. The summed E-state index contributed by atoms with van der Waals surface area (Å²) in [5, 5.41) is 0.